The van der Waals surface area contributed by atoms with Gasteiger partial charge in [-0.3, -0.25) is 0 Å². The molecular weight excluding hydrogens is 166 g/mol. The topological polar surface area (TPSA) is 32.7 Å². The van der Waals surface area contributed by atoms with Crippen molar-refractivity contribution in [3.63, 3.8) is 0 Å². The van der Waals surface area contributed by atoms with Gasteiger partial charge in [0, 0.05) is 20.3 Å². The first-order valence-electron chi connectivity index (χ1n) is 4.85. The van der Waals surface area contributed by atoms with Crippen LogP contribution in [0.5, 0.6) is 0 Å². The van der Waals surface area contributed by atoms with E-state index in [0.29, 0.717) is 0 Å². The third kappa shape index (κ3) is 9.80. The quantitative estimate of drug-likeness (QED) is 0.609. The Kier molecular flexibility index (Phi) is 6.29. The van der Waals surface area contributed by atoms with Gasteiger partial charge in [0.25, 0.3) is 0 Å². The summed E-state index contributed by atoms with van der Waals surface area (Å²) in [6.07, 6.45) is 2.22. The van der Waals surface area contributed by atoms with E-state index in [2.05, 4.69) is 4.90 Å². The Balaban J connectivity index is 3.35. The number of hydrogen-bond acceptors (Lipinski definition) is 3. The van der Waals surface area contributed by atoms with Crippen molar-refractivity contribution in [2.45, 2.75) is 32.3 Å². The summed E-state index contributed by atoms with van der Waals surface area (Å²) < 4.78 is 4.96. The number of likely N-dealkylation sites (N-methyl/N-ethyl adjacent to an activating group) is 1. The van der Waals surface area contributed by atoms with E-state index in [0.717, 1.165) is 32.5 Å². The van der Waals surface area contributed by atoms with Crippen LogP contribution < -0.4 is 0 Å². The molecule has 0 heterocycles. The van der Waals surface area contributed by atoms with Crippen molar-refractivity contribution < 1.29 is 9.84 Å². The van der Waals surface area contributed by atoms with Gasteiger partial charge in [-0.1, -0.05) is 0 Å². The molecule has 0 saturated carbocycles. The molecule has 1 N–H and O–H groups in total. The molecule has 0 bridgehead atoms. The highest BCUT2D eigenvalue weighted by atomic mass is 16.5. The van der Waals surface area contributed by atoms with E-state index >= 15 is 0 Å². The number of nitrogens with zero attached hydrogens (tertiary/aromatic N) is 1. The summed E-state index contributed by atoms with van der Waals surface area (Å²) in [5.74, 6) is 0. The lowest BCUT2D eigenvalue weighted by Gasteiger charge is -2.25. The highest BCUT2D eigenvalue weighted by molar-refractivity contribution is 4.69. The summed E-state index contributed by atoms with van der Waals surface area (Å²) in [6.45, 7) is 6.24. The van der Waals surface area contributed by atoms with Crippen molar-refractivity contribution in [3.8, 4) is 0 Å². The van der Waals surface area contributed by atoms with Gasteiger partial charge >= 0.3 is 0 Å². The Bertz CT molecular complexity index is 121. The Morgan fingerprint density at radius 2 is 1.92 bits per heavy atom. The molecule has 0 saturated heterocycles. The van der Waals surface area contributed by atoms with E-state index in [-0.39, 0.29) is 0 Å². The second-order valence-corrected chi connectivity index (χ2v) is 4.25. The van der Waals surface area contributed by atoms with Crippen LogP contribution in [-0.4, -0.2) is 49.5 Å². The van der Waals surface area contributed by atoms with Crippen molar-refractivity contribution >= 4 is 0 Å². The number of methoxy groups -OCH3 is 1. The van der Waals surface area contributed by atoms with Gasteiger partial charge in [0.1, 0.15) is 0 Å². The van der Waals surface area contributed by atoms with Crippen LogP contribution in [-0.2, 0) is 4.74 Å². The summed E-state index contributed by atoms with van der Waals surface area (Å²) >= 11 is 0. The van der Waals surface area contributed by atoms with E-state index in [1.54, 1.807) is 7.11 Å². The third-order valence-electron chi connectivity index (χ3n) is 1.80. The summed E-state index contributed by atoms with van der Waals surface area (Å²) in [5, 5.41) is 9.52. The predicted molar refractivity (Wildman–Crippen MR) is 54.9 cm³/mol. The zero-order chi connectivity index (χ0) is 10.3. The molecule has 80 valence electrons. The smallest absolute Gasteiger partial charge is 0.0718 e. The van der Waals surface area contributed by atoms with Crippen molar-refractivity contribution in [2.75, 3.05) is 33.9 Å². The second-order valence-electron chi connectivity index (χ2n) is 4.25. The molecule has 0 aromatic carbocycles. The molecule has 3 heteroatoms. The molecular formula is C10H23NO2. The molecule has 0 amide bonds. The second kappa shape index (κ2) is 6.35. The monoisotopic (exact) mass is 189 g/mol. The number of aliphatic hydroxyl groups is 1. The van der Waals surface area contributed by atoms with Crippen molar-refractivity contribution in [2.24, 2.45) is 0 Å². The predicted octanol–water partition coefficient (Wildman–Crippen LogP) is 1.12. The summed E-state index contributed by atoms with van der Waals surface area (Å²) in [6, 6.07) is 0. The van der Waals surface area contributed by atoms with Crippen LogP contribution in [0.1, 0.15) is 26.7 Å². The van der Waals surface area contributed by atoms with Gasteiger partial charge < -0.3 is 14.7 Å². The lowest BCUT2D eigenvalue weighted by Crippen LogP contribution is -2.36. The Morgan fingerprint density at radius 3 is 2.38 bits per heavy atom. The molecule has 0 rings (SSSR count). The van der Waals surface area contributed by atoms with Crippen LogP contribution in [0.25, 0.3) is 0 Å². The van der Waals surface area contributed by atoms with Crippen molar-refractivity contribution in [1.82, 2.24) is 4.90 Å². The third-order valence-corrected chi connectivity index (χ3v) is 1.80. The van der Waals surface area contributed by atoms with Gasteiger partial charge in [0.05, 0.1) is 5.60 Å². The molecule has 0 atom stereocenters. The van der Waals surface area contributed by atoms with Crippen LogP contribution in [0.3, 0.4) is 0 Å². The first kappa shape index (κ1) is 12.9. The van der Waals surface area contributed by atoms with E-state index in [1.807, 2.05) is 20.9 Å². The van der Waals surface area contributed by atoms with E-state index in [4.69, 9.17) is 4.74 Å². The SMILES string of the molecule is COCCCCN(C)CC(C)(C)O. The molecule has 0 fully saturated rings. The molecule has 0 radical (unpaired) electrons. The highest BCUT2D eigenvalue weighted by Gasteiger charge is 2.14. The maximum Gasteiger partial charge on any atom is 0.0718 e. The van der Waals surface area contributed by atoms with Crippen molar-refractivity contribution in [3.05, 3.63) is 0 Å². The highest BCUT2D eigenvalue weighted by Crippen LogP contribution is 2.03. The Labute approximate surface area is 81.7 Å². The molecule has 0 unspecified atom stereocenters. The number of hydrogen-bond donors (Lipinski definition) is 1. The number of rotatable bonds is 7. The summed E-state index contributed by atoms with van der Waals surface area (Å²) in [5.41, 5.74) is -0.587. The van der Waals surface area contributed by atoms with E-state index in [1.165, 1.54) is 0 Å². The molecule has 0 aromatic rings. The Morgan fingerprint density at radius 1 is 1.31 bits per heavy atom. The molecule has 0 aliphatic carbocycles. The van der Waals surface area contributed by atoms with E-state index in [9.17, 15) is 5.11 Å². The van der Waals surface area contributed by atoms with Gasteiger partial charge in [0.2, 0.25) is 0 Å². The van der Waals surface area contributed by atoms with Crippen LogP contribution in [0.2, 0.25) is 0 Å². The molecule has 0 aliphatic heterocycles. The zero-order valence-electron chi connectivity index (χ0n) is 9.34. The minimum atomic E-state index is -0.587. The standard InChI is InChI=1S/C10H23NO2/c1-10(2,12)9-11(3)7-5-6-8-13-4/h12H,5-9H2,1-4H3. The first-order valence-corrected chi connectivity index (χ1v) is 4.85. The maximum atomic E-state index is 9.52. The normalized spacial score (nSPS) is 12.5. The Hall–Kier alpha value is -0.120. The lowest BCUT2D eigenvalue weighted by atomic mass is 10.1. The van der Waals surface area contributed by atoms with Gasteiger partial charge in [-0.25, -0.2) is 0 Å². The van der Waals surface area contributed by atoms with Gasteiger partial charge in [-0.2, -0.15) is 0 Å². The van der Waals surface area contributed by atoms with Crippen LogP contribution in [0.15, 0.2) is 0 Å². The first-order chi connectivity index (χ1) is 5.95. The number of unbranched alkanes of at least 4 members (excludes halogenated alkanes) is 1. The number of ether oxygens (including phenoxy) is 1. The molecule has 13 heavy (non-hydrogen) atoms. The van der Waals surface area contributed by atoms with Gasteiger partial charge in [0.15, 0.2) is 0 Å². The van der Waals surface area contributed by atoms with Crippen molar-refractivity contribution in [1.29, 1.82) is 0 Å². The van der Waals surface area contributed by atoms with Crippen LogP contribution in [0.4, 0.5) is 0 Å². The van der Waals surface area contributed by atoms with Crippen LogP contribution >= 0.6 is 0 Å². The van der Waals surface area contributed by atoms with Gasteiger partial charge in [-0.15, -0.1) is 0 Å². The van der Waals surface area contributed by atoms with E-state index < -0.39 is 5.60 Å². The maximum absolute atomic E-state index is 9.52. The van der Waals surface area contributed by atoms with Gasteiger partial charge in [-0.05, 0) is 40.3 Å². The fourth-order valence-electron chi connectivity index (χ4n) is 1.37. The molecule has 0 aliphatic rings. The molecule has 0 spiro atoms. The molecule has 3 nitrogen and oxygen atoms in total. The average molecular weight is 189 g/mol. The summed E-state index contributed by atoms with van der Waals surface area (Å²) in [7, 11) is 3.76. The largest absolute Gasteiger partial charge is 0.389 e. The molecule has 0 aromatic heterocycles. The van der Waals surface area contributed by atoms with Crippen LogP contribution in [0, 0.1) is 0 Å². The minimum absolute atomic E-state index is 0.587. The minimum Gasteiger partial charge on any atom is -0.389 e. The average Bonchev–Trinajstić information content (AvgIpc) is 1.94. The summed E-state index contributed by atoms with van der Waals surface area (Å²) in [4.78, 5) is 2.15. The fourth-order valence-corrected chi connectivity index (χ4v) is 1.37. The fraction of sp³-hybridized carbons (Fsp3) is 1.00. The lowest BCUT2D eigenvalue weighted by molar-refractivity contribution is 0.0437. The zero-order valence-corrected chi connectivity index (χ0v) is 9.34.